The first kappa shape index (κ1) is 17.2. The molecule has 1 fully saturated rings. The second kappa shape index (κ2) is 7.23. The van der Waals surface area contributed by atoms with Crippen molar-refractivity contribution in [2.45, 2.75) is 57.9 Å². The lowest BCUT2D eigenvalue weighted by Gasteiger charge is -2.36. The van der Waals surface area contributed by atoms with Gasteiger partial charge < -0.3 is 4.90 Å². The number of hydrogen-bond acceptors (Lipinski definition) is 5. The third-order valence-electron chi connectivity index (χ3n) is 6.60. The number of anilines is 1. The maximum Gasteiger partial charge on any atom is 0.135 e. The summed E-state index contributed by atoms with van der Waals surface area (Å²) in [5, 5.41) is 4.86. The van der Waals surface area contributed by atoms with E-state index in [-0.39, 0.29) is 0 Å². The van der Waals surface area contributed by atoms with Crippen molar-refractivity contribution in [2.24, 2.45) is 7.05 Å². The van der Waals surface area contributed by atoms with Gasteiger partial charge in [-0.05, 0) is 56.9 Å². The van der Waals surface area contributed by atoms with E-state index in [0.29, 0.717) is 0 Å². The number of hydrogen-bond donors (Lipinski definition) is 0. The van der Waals surface area contributed by atoms with Crippen molar-refractivity contribution in [3.63, 3.8) is 0 Å². The first-order chi connectivity index (χ1) is 13.3. The summed E-state index contributed by atoms with van der Waals surface area (Å²) < 4.78 is 2.13. The Kier molecular flexibility index (Phi) is 4.60. The third-order valence-corrected chi connectivity index (χ3v) is 6.60. The normalized spacial score (nSPS) is 20.4. The molecule has 6 heteroatoms. The number of aromatic nitrogens is 4. The lowest BCUT2D eigenvalue weighted by Crippen LogP contribution is -2.46. The summed E-state index contributed by atoms with van der Waals surface area (Å²) in [6, 6.07) is 0. The third kappa shape index (κ3) is 3.24. The highest BCUT2D eigenvalue weighted by Gasteiger charge is 2.25. The minimum Gasteiger partial charge on any atom is -0.354 e. The molecule has 1 aliphatic heterocycles. The molecule has 144 valence electrons. The van der Waals surface area contributed by atoms with Crippen LogP contribution in [0.2, 0.25) is 0 Å². The van der Waals surface area contributed by atoms with Crippen LogP contribution in [-0.2, 0) is 39.3 Å². The molecule has 6 nitrogen and oxygen atoms in total. The Morgan fingerprint density at radius 3 is 2.44 bits per heavy atom. The minimum atomic E-state index is 0.999. The second-order valence-electron chi connectivity index (χ2n) is 8.30. The second-order valence-corrected chi connectivity index (χ2v) is 8.30. The summed E-state index contributed by atoms with van der Waals surface area (Å²) in [5.41, 5.74) is 7.03. The summed E-state index contributed by atoms with van der Waals surface area (Å²) in [4.78, 5) is 14.2. The molecule has 0 saturated carbocycles. The Hall–Kier alpha value is -1.95. The van der Waals surface area contributed by atoms with Crippen molar-refractivity contribution in [1.29, 1.82) is 0 Å². The van der Waals surface area contributed by atoms with Crippen LogP contribution >= 0.6 is 0 Å². The van der Waals surface area contributed by atoms with Crippen molar-refractivity contribution < 1.29 is 0 Å². The van der Waals surface area contributed by atoms with Crippen LogP contribution in [0.4, 0.5) is 5.82 Å². The Morgan fingerprint density at radius 1 is 0.852 bits per heavy atom. The number of nitrogens with zero attached hydrogens (tertiary/aromatic N) is 6. The highest BCUT2D eigenvalue weighted by atomic mass is 15.3. The zero-order chi connectivity index (χ0) is 18.2. The van der Waals surface area contributed by atoms with Gasteiger partial charge in [-0.15, -0.1) is 0 Å². The average Bonchev–Trinajstić information content (AvgIpc) is 3.04. The molecule has 0 N–H and O–H groups in total. The summed E-state index contributed by atoms with van der Waals surface area (Å²) in [6.07, 6.45) is 11.6. The van der Waals surface area contributed by atoms with Crippen LogP contribution in [0.25, 0.3) is 0 Å². The molecule has 27 heavy (non-hydrogen) atoms. The topological polar surface area (TPSA) is 50.1 Å². The average molecular weight is 367 g/mol. The zero-order valence-electron chi connectivity index (χ0n) is 16.5. The summed E-state index contributed by atoms with van der Waals surface area (Å²) >= 11 is 0. The van der Waals surface area contributed by atoms with Crippen LogP contribution < -0.4 is 4.90 Å². The zero-order valence-corrected chi connectivity index (χ0v) is 16.5. The van der Waals surface area contributed by atoms with Gasteiger partial charge in [0.05, 0.1) is 5.69 Å². The summed E-state index contributed by atoms with van der Waals surface area (Å²) in [6.45, 7) is 5.28. The molecule has 0 amide bonds. The molecule has 0 spiro atoms. The van der Waals surface area contributed by atoms with Gasteiger partial charge in [0.25, 0.3) is 0 Å². The monoisotopic (exact) mass is 366 g/mol. The molecule has 2 aromatic heterocycles. The quantitative estimate of drug-likeness (QED) is 0.834. The van der Waals surface area contributed by atoms with Gasteiger partial charge in [-0.3, -0.25) is 9.58 Å². The lowest BCUT2D eigenvalue weighted by molar-refractivity contribution is 0.245. The van der Waals surface area contributed by atoms with E-state index in [1.165, 1.54) is 72.6 Å². The van der Waals surface area contributed by atoms with Gasteiger partial charge in [-0.25, -0.2) is 9.97 Å². The van der Waals surface area contributed by atoms with Crippen LogP contribution in [0.5, 0.6) is 0 Å². The van der Waals surface area contributed by atoms with Crippen LogP contribution in [0.3, 0.4) is 0 Å². The Morgan fingerprint density at radius 2 is 1.59 bits per heavy atom. The molecule has 3 aliphatic rings. The number of piperazine rings is 1. The smallest absolute Gasteiger partial charge is 0.135 e. The van der Waals surface area contributed by atoms with E-state index in [2.05, 4.69) is 31.5 Å². The highest BCUT2D eigenvalue weighted by Crippen LogP contribution is 2.28. The van der Waals surface area contributed by atoms with Gasteiger partial charge in [0, 0.05) is 56.7 Å². The highest BCUT2D eigenvalue weighted by molar-refractivity contribution is 5.50. The van der Waals surface area contributed by atoms with Gasteiger partial charge in [0.15, 0.2) is 0 Å². The maximum absolute atomic E-state index is 4.86. The van der Waals surface area contributed by atoms with Gasteiger partial charge >= 0.3 is 0 Å². The SMILES string of the molecule is Cn1nc(CN2CCN(c3ncnc4c3CCCC4)CC2)c2c1CCCC2. The molecule has 2 aliphatic carbocycles. The Bertz CT molecular complexity index is 818. The van der Waals surface area contributed by atoms with Crippen LogP contribution in [0, 0.1) is 0 Å². The first-order valence-electron chi connectivity index (χ1n) is 10.6. The molecule has 5 rings (SSSR count). The molecular formula is C21H30N6. The standard InChI is InChI=1S/C21H30N6/c1-25-20-9-5-3-6-16(20)19(24-25)14-26-10-12-27(13-11-26)21-17-7-2-4-8-18(17)22-15-23-21/h15H,2-14H2,1H3. The maximum atomic E-state index is 4.86. The molecule has 0 radical (unpaired) electrons. The molecule has 0 bridgehead atoms. The van der Waals surface area contributed by atoms with Crippen molar-refractivity contribution in [2.75, 3.05) is 31.1 Å². The summed E-state index contributed by atoms with van der Waals surface area (Å²) in [7, 11) is 2.11. The fraction of sp³-hybridized carbons (Fsp3) is 0.667. The molecule has 0 atom stereocenters. The van der Waals surface area contributed by atoms with Crippen LogP contribution in [-0.4, -0.2) is 50.8 Å². The van der Waals surface area contributed by atoms with Gasteiger partial charge in [0.1, 0.15) is 12.1 Å². The van der Waals surface area contributed by atoms with Crippen molar-refractivity contribution >= 4 is 5.82 Å². The van der Waals surface area contributed by atoms with Gasteiger partial charge in [-0.2, -0.15) is 5.10 Å². The van der Waals surface area contributed by atoms with E-state index in [4.69, 9.17) is 5.10 Å². The van der Waals surface area contributed by atoms with E-state index in [0.717, 1.165) is 45.6 Å². The Balaban J connectivity index is 1.26. The predicted octanol–water partition coefficient (Wildman–Crippen LogP) is 2.29. The molecule has 0 aromatic carbocycles. The summed E-state index contributed by atoms with van der Waals surface area (Å²) in [5.74, 6) is 1.20. The molecular weight excluding hydrogens is 336 g/mol. The van der Waals surface area contributed by atoms with Crippen LogP contribution in [0.1, 0.15) is 53.9 Å². The fourth-order valence-electron chi connectivity index (χ4n) is 5.09. The van der Waals surface area contributed by atoms with Crippen molar-refractivity contribution in [1.82, 2.24) is 24.6 Å². The van der Waals surface area contributed by atoms with Crippen LogP contribution in [0.15, 0.2) is 6.33 Å². The van der Waals surface area contributed by atoms with Gasteiger partial charge in [0.2, 0.25) is 0 Å². The Labute approximate surface area is 161 Å². The number of fused-ring (bicyclic) bond motifs is 2. The first-order valence-corrected chi connectivity index (χ1v) is 10.6. The molecule has 3 heterocycles. The number of rotatable bonds is 3. The van der Waals surface area contributed by atoms with Crippen molar-refractivity contribution in [3.8, 4) is 0 Å². The van der Waals surface area contributed by atoms with Crippen molar-refractivity contribution in [3.05, 3.63) is 34.5 Å². The van der Waals surface area contributed by atoms with Gasteiger partial charge in [-0.1, -0.05) is 0 Å². The predicted molar refractivity (Wildman–Crippen MR) is 106 cm³/mol. The minimum absolute atomic E-state index is 0.999. The molecule has 1 saturated heterocycles. The van der Waals surface area contributed by atoms with E-state index in [1.807, 2.05) is 0 Å². The van der Waals surface area contributed by atoms with E-state index in [9.17, 15) is 0 Å². The molecule has 2 aromatic rings. The van der Waals surface area contributed by atoms with E-state index < -0.39 is 0 Å². The van der Waals surface area contributed by atoms with E-state index in [1.54, 1.807) is 6.33 Å². The molecule has 0 unspecified atom stereocenters. The largest absolute Gasteiger partial charge is 0.354 e. The van der Waals surface area contributed by atoms with E-state index >= 15 is 0 Å². The fourth-order valence-corrected chi connectivity index (χ4v) is 5.09. The lowest BCUT2D eigenvalue weighted by atomic mass is 9.95. The number of aryl methyl sites for hydroxylation is 2.